The van der Waals surface area contributed by atoms with E-state index in [0.29, 0.717) is 6.42 Å². The second-order valence-electron chi connectivity index (χ2n) is 6.36. The van der Waals surface area contributed by atoms with Crippen molar-refractivity contribution in [3.63, 3.8) is 0 Å². The second kappa shape index (κ2) is 6.48. The number of hydrogen-bond donors (Lipinski definition) is 1. The van der Waals surface area contributed by atoms with E-state index in [1.807, 2.05) is 36.7 Å². The van der Waals surface area contributed by atoms with Gasteiger partial charge in [-0.05, 0) is 31.4 Å². The molecule has 1 aliphatic heterocycles. The van der Waals surface area contributed by atoms with Gasteiger partial charge in [-0.2, -0.15) is 5.10 Å². The molecule has 1 atom stereocenters. The molecule has 4 rings (SSSR count). The quantitative estimate of drug-likeness (QED) is 0.777. The SMILES string of the molecule is Cc1nc(Cc2nnc(N3CCCC3c3ccccc3Cl)n2C)n[nH]1. The highest BCUT2D eigenvalue weighted by Gasteiger charge is 2.31. The Kier molecular flexibility index (Phi) is 4.17. The lowest BCUT2D eigenvalue weighted by molar-refractivity contribution is 0.680. The maximum atomic E-state index is 6.42. The molecule has 0 spiro atoms. The maximum absolute atomic E-state index is 6.42. The number of nitrogens with zero attached hydrogens (tertiary/aromatic N) is 6. The molecule has 2 aromatic heterocycles. The normalized spacial score (nSPS) is 17.4. The van der Waals surface area contributed by atoms with Gasteiger partial charge >= 0.3 is 0 Å². The van der Waals surface area contributed by atoms with Crippen molar-refractivity contribution < 1.29 is 0 Å². The molecule has 1 unspecified atom stereocenters. The first kappa shape index (κ1) is 16.1. The average molecular weight is 358 g/mol. The molecule has 1 saturated heterocycles. The molecule has 0 amide bonds. The predicted molar refractivity (Wildman–Crippen MR) is 95.7 cm³/mol. The average Bonchev–Trinajstić information content (AvgIpc) is 3.30. The Hall–Kier alpha value is -2.41. The van der Waals surface area contributed by atoms with Crippen LogP contribution in [0.15, 0.2) is 24.3 Å². The number of halogens is 1. The molecule has 25 heavy (non-hydrogen) atoms. The van der Waals surface area contributed by atoms with E-state index in [1.54, 1.807) is 0 Å². The van der Waals surface area contributed by atoms with Crippen LogP contribution >= 0.6 is 11.6 Å². The summed E-state index contributed by atoms with van der Waals surface area (Å²) >= 11 is 6.42. The Balaban J connectivity index is 1.62. The number of H-pyrrole nitrogens is 1. The van der Waals surface area contributed by atoms with Crippen molar-refractivity contribution in [1.29, 1.82) is 0 Å². The molecule has 0 aliphatic carbocycles. The van der Waals surface area contributed by atoms with Gasteiger partial charge in [-0.25, -0.2) is 4.98 Å². The summed E-state index contributed by atoms with van der Waals surface area (Å²) in [4.78, 5) is 6.64. The summed E-state index contributed by atoms with van der Waals surface area (Å²) in [6.07, 6.45) is 2.72. The molecule has 1 aromatic carbocycles. The Morgan fingerprint density at radius 3 is 2.88 bits per heavy atom. The summed E-state index contributed by atoms with van der Waals surface area (Å²) < 4.78 is 2.03. The minimum Gasteiger partial charge on any atom is -0.334 e. The predicted octanol–water partition coefficient (Wildman–Crippen LogP) is 2.83. The standard InChI is InChI=1S/C17H20ClN7/c1-11-19-15(21-20-11)10-16-22-23-17(24(16)2)25-9-5-8-14(25)12-6-3-4-7-13(12)18/h3-4,6-7,14H,5,8-10H2,1-2H3,(H,19,20,21). The number of anilines is 1. The summed E-state index contributed by atoms with van der Waals surface area (Å²) in [5.41, 5.74) is 1.15. The number of nitrogens with one attached hydrogen (secondary N) is 1. The molecule has 7 nitrogen and oxygen atoms in total. The monoisotopic (exact) mass is 357 g/mol. The second-order valence-corrected chi connectivity index (χ2v) is 6.77. The van der Waals surface area contributed by atoms with Crippen molar-refractivity contribution in [3.05, 3.63) is 52.3 Å². The lowest BCUT2D eigenvalue weighted by Crippen LogP contribution is -2.26. The number of rotatable bonds is 4. The zero-order valence-corrected chi connectivity index (χ0v) is 15.0. The Morgan fingerprint density at radius 1 is 1.28 bits per heavy atom. The van der Waals surface area contributed by atoms with Crippen LogP contribution in [-0.2, 0) is 13.5 Å². The minimum absolute atomic E-state index is 0.232. The van der Waals surface area contributed by atoms with Crippen molar-refractivity contribution >= 4 is 17.5 Å². The van der Waals surface area contributed by atoms with Gasteiger partial charge in [0, 0.05) is 18.6 Å². The van der Waals surface area contributed by atoms with Crippen molar-refractivity contribution in [2.24, 2.45) is 7.05 Å². The number of aromatic nitrogens is 6. The van der Waals surface area contributed by atoms with Crippen LogP contribution in [0.1, 0.15) is 41.9 Å². The van der Waals surface area contributed by atoms with E-state index in [4.69, 9.17) is 11.6 Å². The van der Waals surface area contributed by atoms with Gasteiger partial charge < -0.3 is 9.47 Å². The Morgan fingerprint density at radius 2 is 2.12 bits per heavy atom. The summed E-state index contributed by atoms with van der Waals surface area (Å²) in [5, 5.41) is 16.6. The van der Waals surface area contributed by atoms with E-state index < -0.39 is 0 Å². The molecule has 130 valence electrons. The highest BCUT2D eigenvalue weighted by atomic mass is 35.5. The first-order valence-corrected chi connectivity index (χ1v) is 8.78. The summed E-state index contributed by atoms with van der Waals surface area (Å²) in [5.74, 6) is 3.24. The first-order chi connectivity index (χ1) is 12.1. The number of aryl methyl sites for hydroxylation is 1. The van der Waals surface area contributed by atoms with Gasteiger partial charge in [-0.15, -0.1) is 10.2 Å². The van der Waals surface area contributed by atoms with Crippen LogP contribution in [0.4, 0.5) is 5.95 Å². The largest absolute Gasteiger partial charge is 0.334 e. The number of hydrogen-bond acceptors (Lipinski definition) is 5. The third-order valence-electron chi connectivity index (χ3n) is 4.68. The summed E-state index contributed by atoms with van der Waals surface area (Å²) in [6, 6.07) is 8.27. The fourth-order valence-corrected chi connectivity index (χ4v) is 3.70. The van der Waals surface area contributed by atoms with E-state index >= 15 is 0 Å². The molecule has 0 radical (unpaired) electrons. The molecule has 1 N–H and O–H groups in total. The maximum Gasteiger partial charge on any atom is 0.227 e. The molecule has 3 aromatic rings. The van der Waals surface area contributed by atoms with Crippen LogP contribution in [-0.4, -0.2) is 36.5 Å². The van der Waals surface area contributed by atoms with Crippen LogP contribution in [0.2, 0.25) is 5.02 Å². The van der Waals surface area contributed by atoms with E-state index in [-0.39, 0.29) is 6.04 Å². The highest BCUT2D eigenvalue weighted by molar-refractivity contribution is 6.31. The van der Waals surface area contributed by atoms with Crippen molar-refractivity contribution in [3.8, 4) is 0 Å². The van der Waals surface area contributed by atoms with Crippen molar-refractivity contribution in [2.45, 2.75) is 32.2 Å². The minimum atomic E-state index is 0.232. The van der Waals surface area contributed by atoms with Gasteiger partial charge in [-0.3, -0.25) is 5.10 Å². The summed E-state index contributed by atoms with van der Waals surface area (Å²) in [7, 11) is 1.99. The summed E-state index contributed by atoms with van der Waals surface area (Å²) in [6.45, 7) is 2.83. The molecule has 0 bridgehead atoms. The fraction of sp³-hybridized carbons (Fsp3) is 0.412. The van der Waals surface area contributed by atoms with Gasteiger partial charge in [0.15, 0.2) is 5.82 Å². The van der Waals surface area contributed by atoms with E-state index in [1.165, 1.54) is 0 Å². The molecule has 3 heterocycles. The van der Waals surface area contributed by atoms with Gasteiger partial charge in [-0.1, -0.05) is 29.8 Å². The smallest absolute Gasteiger partial charge is 0.227 e. The van der Waals surface area contributed by atoms with Crippen LogP contribution in [0.5, 0.6) is 0 Å². The molecular weight excluding hydrogens is 338 g/mol. The topological polar surface area (TPSA) is 75.5 Å². The third kappa shape index (κ3) is 3.00. The number of aromatic amines is 1. The Bertz CT molecular complexity index is 885. The molecule has 1 aliphatic rings. The highest BCUT2D eigenvalue weighted by Crippen LogP contribution is 2.38. The van der Waals surface area contributed by atoms with E-state index in [9.17, 15) is 0 Å². The lowest BCUT2D eigenvalue weighted by Gasteiger charge is -2.26. The molecule has 8 heteroatoms. The van der Waals surface area contributed by atoms with Gasteiger partial charge in [0.2, 0.25) is 5.95 Å². The van der Waals surface area contributed by atoms with E-state index in [2.05, 4.69) is 36.3 Å². The molecule has 0 saturated carbocycles. The van der Waals surface area contributed by atoms with Crippen molar-refractivity contribution in [2.75, 3.05) is 11.4 Å². The van der Waals surface area contributed by atoms with E-state index in [0.717, 1.165) is 53.4 Å². The zero-order valence-electron chi connectivity index (χ0n) is 14.3. The van der Waals surface area contributed by atoms with Crippen LogP contribution in [0.25, 0.3) is 0 Å². The number of benzene rings is 1. The van der Waals surface area contributed by atoms with Crippen LogP contribution < -0.4 is 4.90 Å². The van der Waals surface area contributed by atoms with Gasteiger partial charge in [0.05, 0.1) is 12.5 Å². The molecular formula is C17H20ClN7. The Labute approximate surface area is 151 Å². The van der Waals surface area contributed by atoms with Crippen LogP contribution in [0.3, 0.4) is 0 Å². The third-order valence-corrected chi connectivity index (χ3v) is 5.02. The zero-order chi connectivity index (χ0) is 17.4. The van der Waals surface area contributed by atoms with Crippen LogP contribution in [0, 0.1) is 6.92 Å². The molecule has 1 fully saturated rings. The fourth-order valence-electron chi connectivity index (χ4n) is 3.44. The lowest BCUT2D eigenvalue weighted by atomic mass is 10.0. The first-order valence-electron chi connectivity index (χ1n) is 8.40. The van der Waals surface area contributed by atoms with Crippen molar-refractivity contribution in [1.82, 2.24) is 29.9 Å². The van der Waals surface area contributed by atoms with Gasteiger partial charge in [0.25, 0.3) is 0 Å². The van der Waals surface area contributed by atoms with Gasteiger partial charge in [0.1, 0.15) is 11.6 Å².